The minimum atomic E-state index is -0.214. The number of aromatic amines is 1. The number of carbonyl (C=O) groups is 1. The zero-order valence-corrected chi connectivity index (χ0v) is 14.7. The standard InChI is InChI=1S/C18H16ClN3O4/c1-24-11-2-3-14-12(9-11)18(22-21-14)20-16(23)8-10-6-13(19)17-15(7-10)25-4-5-26-17/h2-3,6-7,9H,4-5,8H2,1H3,(H2,20,21,22,23). The molecule has 0 unspecified atom stereocenters. The molecule has 4 rings (SSSR count). The van der Waals surface area contributed by atoms with Crippen molar-refractivity contribution in [2.24, 2.45) is 0 Å². The highest BCUT2D eigenvalue weighted by atomic mass is 35.5. The molecule has 2 aromatic carbocycles. The summed E-state index contributed by atoms with van der Waals surface area (Å²) in [6.45, 7) is 0.919. The SMILES string of the molecule is COc1ccc2[nH]nc(NC(=O)Cc3cc(Cl)c4c(c3)OCCO4)c2c1. The van der Waals surface area contributed by atoms with Crippen molar-refractivity contribution in [2.75, 3.05) is 25.6 Å². The molecule has 0 radical (unpaired) electrons. The van der Waals surface area contributed by atoms with Gasteiger partial charge in [0.05, 0.1) is 24.1 Å². The van der Waals surface area contributed by atoms with Crippen molar-refractivity contribution in [3.05, 3.63) is 40.9 Å². The molecule has 1 amide bonds. The molecule has 0 fully saturated rings. The Balaban J connectivity index is 1.53. The molecule has 0 aliphatic carbocycles. The van der Waals surface area contributed by atoms with Gasteiger partial charge in [-0.25, -0.2) is 0 Å². The quantitative estimate of drug-likeness (QED) is 0.733. The van der Waals surface area contributed by atoms with Crippen molar-refractivity contribution in [2.45, 2.75) is 6.42 Å². The zero-order chi connectivity index (χ0) is 18.1. The van der Waals surface area contributed by atoms with Crippen molar-refractivity contribution in [3.63, 3.8) is 0 Å². The lowest BCUT2D eigenvalue weighted by Crippen LogP contribution is -2.17. The third kappa shape index (κ3) is 3.13. The predicted molar refractivity (Wildman–Crippen MR) is 97.4 cm³/mol. The van der Waals surface area contributed by atoms with Crippen LogP contribution >= 0.6 is 11.6 Å². The van der Waals surface area contributed by atoms with Gasteiger partial charge in [-0.05, 0) is 35.9 Å². The van der Waals surface area contributed by atoms with Gasteiger partial charge in [-0.3, -0.25) is 9.89 Å². The highest BCUT2D eigenvalue weighted by molar-refractivity contribution is 6.32. The van der Waals surface area contributed by atoms with Crippen LogP contribution in [0.5, 0.6) is 17.2 Å². The number of benzene rings is 2. The van der Waals surface area contributed by atoms with Gasteiger partial charge >= 0.3 is 0 Å². The van der Waals surface area contributed by atoms with E-state index in [1.165, 1.54) is 0 Å². The van der Waals surface area contributed by atoms with Crippen molar-refractivity contribution < 1.29 is 19.0 Å². The second kappa shape index (κ2) is 6.76. The van der Waals surface area contributed by atoms with Crippen LogP contribution in [0.1, 0.15) is 5.56 Å². The van der Waals surface area contributed by atoms with E-state index in [-0.39, 0.29) is 12.3 Å². The summed E-state index contributed by atoms with van der Waals surface area (Å²) < 4.78 is 16.2. The van der Waals surface area contributed by atoms with Crippen LogP contribution in [0.3, 0.4) is 0 Å². The molecule has 134 valence electrons. The first kappa shape index (κ1) is 16.5. The third-order valence-corrected chi connectivity index (χ3v) is 4.33. The van der Waals surface area contributed by atoms with Gasteiger partial charge in [0, 0.05) is 5.39 Å². The molecule has 0 bridgehead atoms. The highest BCUT2D eigenvalue weighted by Crippen LogP contribution is 2.38. The van der Waals surface area contributed by atoms with Crippen LogP contribution in [-0.2, 0) is 11.2 Å². The molecule has 1 aromatic heterocycles. The summed E-state index contributed by atoms with van der Waals surface area (Å²) in [5.74, 6) is 2.00. The van der Waals surface area contributed by atoms with E-state index < -0.39 is 0 Å². The van der Waals surface area contributed by atoms with Crippen LogP contribution in [0.15, 0.2) is 30.3 Å². The number of H-pyrrole nitrogens is 1. The maximum Gasteiger partial charge on any atom is 0.230 e. The number of nitrogens with zero attached hydrogens (tertiary/aromatic N) is 1. The number of fused-ring (bicyclic) bond motifs is 2. The van der Waals surface area contributed by atoms with E-state index in [1.807, 2.05) is 18.2 Å². The van der Waals surface area contributed by atoms with Crippen molar-refractivity contribution in [1.29, 1.82) is 0 Å². The number of rotatable bonds is 4. The van der Waals surface area contributed by atoms with E-state index in [0.717, 1.165) is 16.5 Å². The van der Waals surface area contributed by atoms with Gasteiger partial charge in [0.1, 0.15) is 19.0 Å². The van der Waals surface area contributed by atoms with Gasteiger partial charge in [0.15, 0.2) is 17.3 Å². The Bertz CT molecular complexity index is 986. The Kier molecular flexibility index (Phi) is 4.30. The number of halogens is 1. The molecule has 0 saturated heterocycles. The summed E-state index contributed by atoms with van der Waals surface area (Å²) >= 11 is 6.22. The molecule has 0 spiro atoms. The van der Waals surface area contributed by atoms with E-state index in [1.54, 1.807) is 19.2 Å². The first-order valence-electron chi connectivity index (χ1n) is 8.04. The molecular formula is C18H16ClN3O4. The number of ether oxygens (including phenoxy) is 3. The average molecular weight is 374 g/mol. The molecule has 1 aliphatic rings. The van der Waals surface area contributed by atoms with Gasteiger partial charge < -0.3 is 19.5 Å². The first-order chi connectivity index (χ1) is 12.6. The minimum Gasteiger partial charge on any atom is -0.497 e. The molecule has 3 aromatic rings. The summed E-state index contributed by atoms with van der Waals surface area (Å²) in [7, 11) is 1.59. The number of hydrogen-bond donors (Lipinski definition) is 2. The number of carbonyl (C=O) groups excluding carboxylic acids is 1. The lowest BCUT2D eigenvalue weighted by Gasteiger charge is -2.20. The lowest BCUT2D eigenvalue weighted by atomic mass is 10.1. The van der Waals surface area contributed by atoms with Gasteiger partial charge in [0.2, 0.25) is 5.91 Å². The third-order valence-electron chi connectivity index (χ3n) is 4.05. The van der Waals surface area contributed by atoms with Crippen molar-refractivity contribution in [3.8, 4) is 17.2 Å². The largest absolute Gasteiger partial charge is 0.497 e. The normalized spacial score (nSPS) is 12.8. The van der Waals surface area contributed by atoms with E-state index in [4.69, 9.17) is 25.8 Å². The summed E-state index contributed by atoms with van der Waals surface area (Å²) in [6.07, 6.45) is 0.134. The summed E-state index contributed by atoms with van der Waals surface area (Å²) in [4.78, 5) is 12.4. The topological polar surface area (TPSA) is 85.5 Å². The minimum absolute atomic E-state index is 0.134. The Morgan fingerprint density at radius 3 is 3.00 bits per heavy atom. The monoisotopic (exact) mass is 373 g/mol. The maximum absolute atomic E-state index is 12.4. The lowest BCUT2D eigenvalue weighted by molar-refractivity contribution is -0.115. The molecule has 7 nitrogen and oxygen atoms in total. The van der Waals surface area contributed by atoms with Crippen LogP contribution < -0.4 is 19.5 Å². The Morgan fingerprint density at radius 1 is 1.31 bits per heavy atom. The van der Waals surface area contributed by atoms with Crippen molar-refractivity contribution in [1.82, 2.24) is 10.2 Å². The van der Waals surface area contributed by atoms with Crippen LogP contribution in [-0.4, -0.2) is 36.4 Å². The fourth-order valence-corrected chi connectivity index (χ4v) is 3.13. The van der Waals surface area contributed by atoms with E-state index in [9.17, 15) is 4.79 Å². The molecular weight excluding hydrogens is 358 g/mol. The number of aromatic nitrogens is 2. The number of nitrogens with one attached hydrogen (secondary N) is 2. The van der Waals surface area contributed by atoms with Gasteiger partial charge in [-0.15, -0.1) is 0 Å². The van der Waals surface area contributed by atoms with Crippen molar-refractivity contribution >= 4 is 34.2 Å². The molecule has 2 N–H and O–H groups in total. The smallest absolute Gasteiger partial charge is 0.230 e. The van der Waals surface area contributed by atoms with Crippen LogP contribution in [0, 0.1) is 0 Å². The molecule has 1 aliphatic heterocycles. The van der Waals surface area contributed by atoms with E-state index in [0.29, 0.717) is 41.3 Å². The molecule has 26 heavy (non-hydrogen) atoms. The summed E-state index contributed by atoms with van der Waals surface area (Å²) in [5, 5.41) is 11.1. The highest BCUT2D eigenvalue weighted by Gasteiger charge is 2.18. The summed E-state index contributed by atoms with van der Waals surface area (Å²) in [6, 6.07) is 8.96. The second-order valence-electron chi connectivity index (χ2n) is 5.81. The number of amides is 1. The molecule has 0 atom stereocenters. The Hall–Kier alpha value is -2.93. The van der Waals surface area contributed by atoms with Gasteiger partial charge in [-0.1, -0.05) is 11.6 Å². The molecule has 8 heteroatoms. The number of hydrogen-bond acceptors (Lipinski definition) is 5. The summed E-state index contributed by atoms with van der Waals surface area (Å²) in [5.41, 5.74) is 1.54. The van der Waals surface area contributed by atoms with Gasteiger partial charge in [-0.2, -0.15) is 5.10 Å². The molecule has 0 saturated carbocycles. The Morgan fingerprint density at radius 2 is 2.15 bits per heavy atom. The van der Waals surface area contributed by atoms with E-state index in [2.05, 4.69) is 15.5 Å². The van der Waals surface area contributed by atoms with E-state index >= 15 is 0 Å². The van der Waals surface area contributed by atoms with Gasteiger partial charge in [0.25, 0.3) is 0 Å². The maximum atomic E-state index is 12.4. The number of methoxy groups -OCH3 is 1. The fraction of sp³-hybridized carbons (Fsp3) is 0.222. The van der Waals surface area contributed by atoms with Crippen LogP contribution in [0.4, 0.5) is 5.82 Å². The van der Waals surface area contributed by atoms with Crippen LogP contribution in [0.2, 0.25) is 5.02 Å². The second-order valence-corrected chi connectivity index (χ2v) is 6.22. The zero-order valence-electron chi connectivity index (χ0n) is 14.0. The average Bonchev–Trinajstić information content (AvgIpc) is 3.03. The molecule has 2 heterocycles. The number of anilines is 1. The first-order valence-corrected chi connectivity index (χ1v) is 8.42. The fourth-order valence-electron chi connectivity index (χ4n) is 2.84. The Labute approximate surface area is 154 Å². The van der Waals surface area contributed by atoms with Crippen LogP contribution in [0.25, 0.3) is 10.9 Å². The predicted octanol–water partition coefficient (Wildman–Crippen LogP) is 3.18.